The summed E-state index contributed by atoms with van der Waals surface area (Å²) in [5.41, 5.74) is 5.21. The van der Waals surface area contributed by atoms with Gasteiger partial charge in [-0.1, -0.05) is 18.2 Å². The predicted octanol–water partition coefficient (Wildman–Crippen LogP) is 1.42. The Morgan fingerprint density at radius 1 is 1.46 bits per heavy atom. The first-order valence-corrected chi connectivity index (χ1v) is 4.46. The number of benzene rings is 1. The number of hydrogen-bond acceptors (Lipinski definition) is 2. The fourth-order valence-electron chi connectivity index (χ4n) is 1.51. The molecule has 1 aromatic carbocycles. The highest BCUT2D eigenvalue weighted by atomic mass is 16.2. The van der Waals surface area contributed by atoms with Crippen LogP contribution in [0.3, 0.4) is 0 Å². The molecule has 0 saturated heterocycles. The molecule has 0 bridgehead atoms. The van der Waals surface area contributed by atoms with E-state index in [0.717, 1.165) is 11.3 Å². The molecule has 1 N–H and O–H groups in total. The smallest absolute Gasteiger partial charge is 0.245 e. The Morgan fingerprint density at radius 3 is 3.00 bits per heavy atom. The maximum Gasteiger partial charge on any atom is 0.245 e. The van der Waals surface area contributed by atoms with Crippen LogP contribution in [0, 0.1) is 0 Å². The summed E-state index contributed by atoms with van der Waals surface area (Å²) >= 11 is 0. The zero-order chi connectivity index (χ0) is 9.26. The summed E-state index contributed by atoms with van der Waals surface area (Å²) in [4.78, 5) is 11.5. The number of hydrogen-bond donors (Lipinski definition) is 1. The largest absolute Gasteiger partial charge is 0.296 e. The van der Waals surface area contributed by atoms with Crippen LogP contribution in [0.15, 0.2) is 24.3 Å². The van der Waals surface area contributed by atoms with E-state index in [-0.39, 0.29) is 5.91 Å². The molecule has 13 heavy (non-hydrogen) atoms. The second-order valence-corrected chi connectivity index (χ2v) is 3.08. The van der Waals surface area contributed by atoms with Gasteiger partial charge in [-0.3, -0.25) is 15.2 Å². The molecule has 1 heterocycles. The van der Waals surface area contributed by atoms with Crippen LogP contribution in [-0.4, -0.2) is 17.5 Å². The minimum absolute atomic E-state index is 0.140. The molecule has 0 unspecified atom stereocenters. The van der Waals surface area contributed by atoms with Gasteiger partial charge < -0.3 is 0 Å². The average Bonchev–Trinajstić information content (AvgIpc) is 2.17. The van der Waals surface area contributed by atoms with Crippen LogP contribution in [0.5, 0.6) is 0 Å². The van der Waals surface area contributed by atoms with Crippen LogP contribution < -0.4 is 5.43 Å². The van der Waals surface area contributed by atoms with E-state index in [1.54, 1.807) is 5.01 Å². The van der Waals surface area contributed by atoms with Gasteiger partial charge in [0.1, 0.15) is 0 Å². The minimum atomic E-state index is 0.140. The SMILES string of the molecule is CCN1Nc2ccccc2CC1=O. The molecule has 0 atom stereocenters. The number of anilines is 1. The standard InChI is InChI=1S/C10H12N2O/c1-2-12-10(13)7-8-5-3-4-6-9(8)11-12/h3-6,11H,2,7H2,1H3. The van der Waals surface area contributed by atoms with Crippen molar-refractivity contribution < 1.29 is 4.79 Å². The Labute approximate surface area is 77.3 Å². The van der Waals surface area contributed by atoms with Crippen molar-refractivity contribution in [3.63, 3.8) is 0 Å². The molecule has 0 spiro atoms. The molecular formula is C10H12N2O. The summed E-state index contributed by atoms with van der Waals surface area (Å²) in [5, 5.41) is 1.64. The molecule has 0 aromatic heterocycles. The number of carbonyl (C=O) groups excluding carboxylic acids is 1. The van der Waals surface area contributed by atoms with Gasteiger partial charge in [0.2, 0.25) is 5.91 Å². The van der Waals surface area contributed by atoms with Gasteiger partial charge >= 0.3 is 0 Å². The minimum Gasteiger partial charge on any atom is -0.296 e. The van der Waals surface area contributed by atoms with Crippen LogP contribution in [0.25, 0.3) is 0 Å². The number of likely N-dealkylation sites (N-methyl/N-ethyl adjacent to an activating group) is 1. The first-order valence-electron chi connectivity index (χ1n) is 4.46. The van der Waals surface area contributed by atoms with E-state index in [2.05, 4.69) is 5.43 Å². The number of nitrogens with zero attached hydrogens (tertiary/aromatic N) is 1. The predicted molar refractivity (Wildman–Crippen MR) is 51.2 cm³/mol. The Hall–Kier alpha value is -1.51. The highest BCUT2D eigenvalue weighted by Crippen LogP contribution is 2.21. The monoisotopic (exact) mass is 176 g/mol. The molecule has 0 aliphatic carbocycles. The Morgan fingerprint density at radius 2 is 2.23 bits per heavy atom. The number of amides is 1. The summed E-state index contributed by atoms with van der Waals surface area (Å²) in [6, 6.07) is 7.89. The summed E-state index contributed by atoms with van der Waals surface area (Å²) < 4.78 is 0. The summed E-state index contributed by atoms with van der Waals surface area (Å²) in [6.45, 7) is 2.66. The molecule has 0 fully saturated rings. The topological polar surface area (TPSA) is 32.3 Å². The van der Waals surface area contributed by atoms with Crippen molar-refractivity contribution in [1.82, 2.24) is 5.01 Å². The van der Waals surface area contributed by atoms with Gasteiger partial charge in [0.05, 0.1) is 12.1 Å². The van der Waals surface area contributed by atoms with Crippen molar-refractivity contribution in [3.8, 4) is 0 Å². The normalized spacial score (nSPS) is 15.2. The second-order valence-electron chi connectivity index (χ2n) is 3.08. The Kier molecular flexibility index (Phi) is 1.93. The third kappa shape index (κ3) is 1.37. The number of para-hydroxylation sites is 1. The Bertz CT molecular complexity index is 335. The van der Waals surface area contributed by atoms with E-state index in [1.165, 1.54) is 0 Å². The maximum atomic E-state index is 11.5. The van der Waals surface area contributed by atoms with Crippen molar-refractivity contribution in [3.05, 3.63) is 29.8 Å². The van der Waals surface area contributed by atoms with Crippen molar-refractivity contribution in [1.29, 1.82) is 0 Å². The third-order valence-corrected chi connectivity index (χ3v) is 2.23. The Balaban J connectivity index is 2.33. The molecule has 3 nitrogen and oxygen atoms in total. The molecule has 3 heteroatoms. The first-order chi connectivity index (χ1) is 6.31. The fraction of sp³-hybridized carbons (Fsp3) is 0.300. The third-order valence-electron chi connectivity index (χ3n) is 2.23. The lowest BCUT2D eigenvalue weighted by Gasteiger charge is -2.28. The van der Waals surface area contributed by atoms with Gasteiger partial charge in [0.25, 0.3) is 0 Å². The number of fused-ring (bicyclic) bond motifs is 1. The molecule has 1 amide bonds. The fourth-order valence-corrected chi connectivity index (χ4v) is 1.51. The second kappa shape index (κ2) is 3.09. The molecule has 1 aliphatic rings. The first kappa shape index (κ1) is 8.10. The van der Waals surface area contributed by atoms with Gasteiger partial charge in [-0.25, -0.2) is 0 Å². The van der Waals surface area contributed by atoms with Crippen LogP contribution >= 0.6 is 0 Å². The van der Waals surface area contributed by atoms with Gasteiger partial charge in [-0.05, 0) is 18.6 Å². The van der Waals surface area contributed by atoms with Gasteiger partial charge in [0.15, 0.2) is 0 Å². The maximum absolute atomic E-state index is 11.5. The lowest BCUT2D eigenvalue weighted by atomic mass is 10.1. The van der Waals surface area contributed by atoms with E-state index in [1.807, 2.05) is 31.2 Å². The highest BCUT2D eigenvalue weighted by Gasteiger charge is 2.19. The van der Waals surface area contributed by atoms with E-state index < -0.39 is 0 Å². The molecule has 2 rings (SSSR count). The lowest BCUT2D eigenvalue weighted by molar-refractivity contribution is -0.129. The van der Waals surface area contributed by atoms with E-state index >= 15 is 0 Å². The molecule has 1 aromatic rings. The molecular weight excluding hydrogens is 164 g/mol. The molecule has 68 valence electrons. The number of hydrazine groups is 1. The van der Waals surface area contributed by atoms with E-state index in [0.29, 0.717) is 13.0 Å². The number of carbonyl (C=O) groups is 1. The lowest BCUT2D eigenvalue weighted by Crippen LogP contribution is -2.40. The molecule has 0 saturated carbocycles. The van der Waals surface area contributed by atoms with Crippen molar-refractivity contribution in [2.24, 2.45) is 0 Å². The zero-order valence-corrected chi connectivity index (χ0v) is 7.58. The van der Waals surface area contributed by atoms with Crippen molar-refractivity contribution in [2.75, 3.05) is 12.0 Å². The van der Waals surface area contributed by atoms with E-state index in [4.69, 9.17) is 0 Å². The van der Waals surface area contributed by atoms with Crippen LogP contribution in [0.4, 0.5) is 5.69 Å². The number of nitrogens with one attached hydrogen (secondary N) is 1. The van der Waals surface area contributed by atoms with Crippen LogP contribution in [0.1, 0.15) is 12.5 Å². The number of rotatable bonds is 1. The van der Waals surface area contributed by atoms with Crippen LogP contribution in [0.2, 0.25) is 0 Å². The summed E-state index contributed by atoms with van der Waals surface area (Å²) in [6.07, 6.45) is 0.511. The summed E-state index contributed by atoms with van der Waals surface area (Å²) in [7, 11) is 0. The molecule has 0 radical (unpaired) electrons. The zero-order valence-electron chi connectivity index (χ0n) is 7.58. The average molecular weight is 176 g/mol. The van der Waals surface area contributed by atoms with Crippen LogP contribution in [-0.2, 0) is 11.2 Å². The van der Waals surface area contributed by atoms with Crippen molar-refractivity contribution in [2.45, 2.75) is 13.3 Å². The van der Waals surface area contributed by atoms with Gasteiger partial charge in [-0.2, -0.15) is 0 Å². The quantitative estimate of drug-likeness (QED) is 0.701. The van der Waals surface area contributed by atoms with E-state index in [9.17, 15) is 4.79 Å². The van der Waals surface area contributed by atoms with Gasteiger partial charge in [0, 0.05) is 6.54 Å². The van der Waals surface area contributed by atoms with Crippen molar-refractivity contribution >= 4 is 11.6 Å². The van der Waals surface area contributed by atoms with Gasteiger partial charge in [-0.15, -0.1) is 0 Å². The summed E-state index contributed by atoms with van der Waals surface area (Å²) in [5.74, 6) is 0.140. The molecule has 1 aliphatic heterocycles. The highest BCUT2D eigenvalue weighted by molar-refractivity contribution is 5.84.